The van der Waals surface area contributed by atoms with Crippen LogP contribution in [0.2, 0.25) is 0 Å². The van der Waals surface area contributed by atoms with Crippen molar-refractivity contribution in [2.24, 2.45) is 5.92 Å². The summed E-state index contributed by atoms with van der Waals surface area (Å²) < 4.78 is 0. The Morgan fingerprint density at radius 1 is 1.00 bits per heavy atom. The van der Waals surface area contributed by atoms with Gasteiger partial charge in [-0.25, -0.2) is 4.98 Å². The molecule has 2 atom stereocenters. The van der Waals surface area contributed by atoms with E-state index in [1.807, 2.05) is 18.2 Å². The normalized spacial score (nSPS) is 23.1. The predicted molar refractivity (Wildman–Crippen MR) is 117 cm³/mol. The van der Waals surface area contributed by atoms with Gasteiger partial charge < -0.3 is 16.4 Å². The summed E-state index contributed by atoms with van der Waals surface area (Å²) >= 11 is 0. The molecule has 152 valence electrons. The maximum atomic E-state index is 6.18. The minimum absolute atomic E-state index is 0.324. The number of anilines is 3. The second kappa shape index (κ2) is 7.21. The molecule has 2 fully saturated rings. The monoisotopic (exact) mass is 391 g/mol. The summed E-state index contributed by atoms with van der Waals surface area (Å²) in [5, 5.41) is 7.99. The first kappa shape index (κ1) is 18.2. The van der Waals surface area contributed by atoms with Gasteiger partial charge in [-0.2, -0.15) is 10.1 Å². The van der Waals surface area contributed by atoms with Crippen LogP contribution in [0.3, 0.4) is 0 Å². The van der Waals surface area contributed by atoms with E-state index >= 15 is 0 Å². The lowest BCUT2D eigenvalue weighted by molar-refractivity contribution is 0.305. The van der Waals surface area contributed by atoms with Crippen LogP contribution in [0.4, 0.5) is 17.6 Å². The quantitative estimate of drug-likeness (QED) is 0.619. The summed E-state index contributed by atoms with van der Waals surface area (Å²) in [5.41, 5.74) is 14.8. The molecule has 7 nitrogen and oxygen atoms in total. The van der Waals surface area contributed by atoms with Gasteiger partial charge in [0.25, 0.3) is 0 Å². The number of fused-ring (bicyclic) bond motifs is 1. The first-order valence-corrected chi connectivity index (χ1v) is 10.8. The maximum Gasteiger partial charge on any atom is 0.222 e. The van der Waals surface area contributed by atoms with Crippen molar-refractivity contribution >= 4 is 28.5 Å². The molecule has 1 aromatic carbocycles. The highest BCUT2D eigenvalue weighted by Gasteiger charge is 2.36. The van der Waals surface area contributed by atoms with E-state index in [-0.39, 0.29) is 0 Å². The molecule has 3 heterocycles. The topological polar surface area (TPSA) is 110 Å². The van der Waals surface area contributed by atoms with Crippen molar-refractivity contribution in [1.29, 1.82) is 0 Å². The smallest absolute Gasteiger partial charge is 0.222 e. The second-order valence-electron chi connectivity index (χ2n) is 8.64. The molecule has 0 amide bonds. The third kappa shape index (κ3) is 3.28. The Bertz CT molecular complexity index is 1020. The highest BCUT2D eigenvalue weighted by molar-refractivity contribution is 5.91. The van der Waals surface area contributed by atoms with Crippen molar-refractivity contribution in [3.05, 3.63) is 24.3 Å². The van der Waals surface area contributed by atoms with Gasteiger partial charge in [0, 0.05) is 29.1 Å². The van der Waals surface area contributed by atoms with Gasteiger partial charge in [-0.3, -0.25) is 5.10 Å². The fourth-order valence-electron chi connectivity index (χ4n) is 5.36. The minimum Gasteiger partial charge on any atom is -0.382 e. The Morgan fingerprint density at radius 3 is 2.66 bits per heavy atom. The third-order valence-electron chi connectivity index (χ3n) is 6.78. The number of nitrogen functional groups attached to an aromatic ring is 2. The number of piperidine rings is 1. The molecule has 1 saturated heterocycles. The Morgan fingerprint density at radius 2 is 1.83 bits per heavy atom. The Labute approximate surface area is 170 Å². The van der Waals surface area contributed by atoms with E-state index in [2.05, 4.69) is 38.1 Å². The standard InChI is InChI=1S/C22H29N7/c1-13-5-4-8-19(14-6-2-3-7-14)29(13)20-12-17(25-22(24)26-20)15-9-10-16-18(11-15)27-28-21(16)23/h9-14,19H,2-8H2,1H3,(H3,23,27,28)(H2,24,25,26)/t13-,19-/m0/s1. The summed E-state index contributed by atoms with van der Waals surface area (Å²) in [7, 11) is 0. The molecule has 1 saturated carbocycles. The van der Waals surface area contributed by atoms with Crippen LogP contribution in [0, 0.1) is 5.92 Å². The van der Waals surface area contributed by atoms with Gasteiger partial charge in [0.1, 0.15) is 5.82 Å². The van der Waals surface area contributed by atoms with Crippen molar-refractivity contribution < 1.29 is 0 Å². The largest absolute Gasteiger partial charge is 0.382 e. The SMILES string of the molecule is C[C@H]1CCC[C@@H](C2CCCC2)N1c1cc(-c2ccc3c(N)n[nH]c3c2)nc(N)n1. The summed E-state index contributed by atoms with van der Waals surface area (Å²) in [6.45, 7) is 2.32. The van der Waals surface area contributed by atoms with Crippen LogP contribution in [0.15, 0.2) is 24.3 Å². The van der Waals surface area contributed by atoms with E-state index in [4.69, 9.17) is 11.5 Å². The molecule has 2 aliphatic rings. The first-order chi connectivity index (χ1) is 14.1. The van der Waals surface area contributed by atoms with Crippen molar-refractivity contribution in [2.75, 3.05) is 16.4 Å². The minimum atomic E-state index is 0.324. The zero-order valence-electron chi connectivity index (χ0n) is 16.9. The van der Waals surface area contributed by atoms with Crippen molar-refractivity contribution in [3.63, 3.8) is 0 Å². The highest BCUT2D eigenvalue weighted by Crippen LogP contribution is 2.39. The fraction of sp³-hybridized carbons (Fsp3) is 0.500. The van der Waals surface area contributed by atoms with Crippen LogP contribution in [0.1, 0.15) is 51.9 Å². The van der Waals surface area contributed by atoms with Gasteiger partial charge in [-0.1, -0.05) is 18.9 Å². The van der Waals surface area contributed by atoms with Gasteiger partial charge in [0.2, 0.25) is 5.95 Å². The van der Waals surface area contributed by atoms with Crippen LogP contribution < -0.4 is 16.4 Å². The Hall–Kier alpha value is -2.83. The zero-order valence-corrected chi connectivity index (χ0v) is 16.9. The molecule has 7 heteroatoms. The summed E-state index contributed by atoms with van der Waals surface area (Å²) in [6.07, 6.45) is 9.11. The number of nitrogens with one attached hydrogen (secondary N) is 1. The maximum absolute atomic E-state index is 6.18. The van der Waals surface area contributed by atoms with E-state index in [9.17, 15) is 0 Å². The number of hydrogen-bond donors (Lipinski definition) is 3. The van der Waals surface area contributed by atoms with Crippen LogP contribution >= 0.6 is 0 Å². The van der Waals surface area contributed by atoms with E-state index in [0.29, 0.717) is 23.8 Å². The lowest BCUT2D eigenvalue weighted by Gasteiger charge is -2.44. The average molecular weight is 392 g/mol. The lowest BCUT2D eigenvalue weighted by Crippen LogP contribution is -2.49. The summed E-state index contributed by atoms with van der Waals surface area (Å²) in [5.74, 6) is 2.56. The molecule has 0 radical (unpaired) electrons. The molecule has 2 aromatic heterocycles. The number of nitrogens with zero attached hydrogens (tertiary/aromatic N) is 4. The van der Waals surface area contributed by atoms with E-state index in [0.717, 1.165) is 33.9 Å². The molecule has 1 aliphatic carbocycles. The van der Waals surface area contributed by atoms with Crippen LogP contribution in [0.5, 0.6) is 0 Å². The molecular formula is C22H29N7. The molecular weight excluding hydrogens is 362 g/mol. The van der Waals surface area contributed by atoms with E-state index < -0.39 is 0 Å². The Kier molecular flexibility index (Phi) is 4.53. The zero-order chi connectivity index (χ0) is 20.0. The summed E-state index contributed by atoms with van der Waals surface area (Å²) in [4.78, 5) is 11.7. The number of rotatable bonds is 3. The second-order valence-corrected chi connectivity index (χ2v) is 8.64. The van der Waals surface area contributed by atoms with E-state index in [1.165, 1.54) is 44.9 Å². The molecule has 5 rings (SSSR count). The van der Waals surface area contributed by atoms with Gasteiger partial charge in [0.05, 0.1) is 11.2 Å². The van der Waals surface area contributed by atoms with Gasteiger partial charge in [0.15, 0.2) is 5.82 Å². The number of nitrogens with two attached hydrogens (primary N) is 2. The molecule has 1 aliphatic heterocycles. The molecule has 29 heavy (non-hydrogen) atoms. The van der Waals surface area contributed by atoms with Gasteiger partial charge in [-0.05, 0) is 57.1 Å². The van der Waals surface area contributed by atoms with Crippen LogP contribution in [-0.2, 0) is 0 Å². The van der Waals surface area contributed by atoms with Crippen molar-refractivity contribution in [2.45, 2.75) is 64.0 Å². The fourth-order valence-corrected chi connectivity index (χ4v) is 5.36. The number of hydrogen-bond acceptors (Lipinski definition) is 6. The van der Waals surface area contributed by atoms with E-state index in [1.54, 1.807) is 0 Å². The van der Waals surface area contributed by atoms with Crippen molar-refractivity contribution in [1.82, 2.24) is 20.2 Å². The number of aromatic nitrogens is 4. The average Bonchev–Trinajstić information content (AvgIpc) is 3.37. The van der Waals surface area contributed by atoms with Gasteiger partial charge in [-0.15, -0.1) is 0 Å². The van der Waals surface area contributed by atoms with Crippen LogP contribution in [0.25, 0.3) is 22.2 Å². The number of H-pyrrole nitrogens is 1. The molecule has 0 unspecified atom stereocenters. The first-order valence-electron chi connectivity index (χ1n) is 10.8. The number of aromatic amines is 1. The number of benzene rings is 1. The predicted octanol–water partition coefficient (Wildman–Crippen LogP) is 4.12. The van der Waals surface area contributed by atoms with Crippen LogP contribution in [-0.4, -0.2) is 32.2 Å². The molecule has 0 spiro atoms. The van der Waals surface area contributed by atoms with Gasteiger partial charge >= 0.3 is 0 Å². The van der Waals surface area contributed by atoms with Crippen molar-refractivity contribution in [3.8, 4) is 11.3 Å². The Balaban J connectivity index is 1.55. The summed E-state index contributed by atoms with van der Waals surface area (Å²) in [6, 6.07) is 9.14. The molecule has 0 bridgehead atoms. The molecule has 5 N–H and O–H groups in total. The highest BCUT2D eigenvalue weighted by atomic mass is 15.3. The molecule has 3 aromatic rings. The third-order valence-corrected chi connectivity index (χ3v) is 6.78. The lowest BCUT2D eigenvalue weighted by atomic mass is 9.86.